The van der Waals surface area contributed by atoms with Crippen molar-refractivity contribution in [3.05, 3.63) is 24.2 Å². The standard InChI is InChI=1S/C20H30O5/c1-13-15(22)16(23)17-18(2,12-21)7-4-8-19(17,3)20(13,24)9-5-14-6-10-25-11-14/h6,10-11,13,16-17,21,23-24H,4-5,7-9,12H2,1-3H3/t13-,16+,17-,18+,19-,20+/m0/s1. The van der Waals surface area contributed by atoms with Gasteiger partial charge in [-0.25, -0.2) is 0 Å². The first-order valence-electron chi connectivity index (χ1n) is 9.26. The van der Waals surface area contributed by atoms with Crippen molar-refractivity contribution in [1.29, 1.82) is 0 Å². The van der Waals surface area contributed by atoms with Crippen LogP contribution >= 0.6 is 0 Å². The maximum absolute atomic E-state index is 12.8. The summed E-state index contributed by atoms with van der Waals surface area (Å²) in [6.07, 6.45) is 5.53. The number of aliphatic hydroxyl groups is 3. The molecule has 0 spiro atoms. The second-order valence-corrected chi connectivity index (χ2v) is 8.69. The fraction of sp³-hybridized carbons (Fsp3) is 0.750. The van der Waals surface area contributed by atoms with E-state index in [0.29, 0.717) is 12.8 Å². The van der Waals surface area contributed by atoms with E-state index in [4.69, 9.17) is 4.42 Å². The topological polar surface area (TPSA) is 90.9 Å². The summed E-state index contributed by atoms with van der Waals surface area (Å²) in [5, 5.41) is 32.5. The number of rotatable bonds is 4. The van der Waals surface area contributed by atoms with E-state index >= 15 is 0 Å². The van der Waals surface area contributed by atoms with Gasteiger partial charge in [0.25, 0.3) is 0 Å². The first kappa shape index (κ1) is 18.6. The fourth-order valence-electron chi connectivity index (χ4n) is 5.75. The minimum atomic E-state index is -1.22. The Labute approximate surface area is 149 Å². The molecule has 0 radical (unpaired) electrons. The molecule has 6 atom stereocenters. The van der Waals surface area contributed by atoms with E-state index in [1.807, 2.05) is 19.9 Å². The molecule has 1 aromatic heterocycles. The highest BCUT2D eigenvalue weighted by molar-refractivity contribution is 5.88. The fourth-order valence-corrected chi connectivity index (χ4v) is 5.75. The molecule has 2 aliphatic rings. The zero-order valence-electron chi connectivity index (χ0n) is 15.4. The SMILES string of the molecule is C[C@H]1C(=O)[C@@H](O)[C@H]2[C@@](C)(CO)CCC[C@]2(C)[C@@]1(O)CCc1ccoc1. The van der Waals surface area contributed by atoms with E-state index in [2.05, 4.69) is 0 Å². The van der Waals surface area contributed by atoms with E-state index in [9.17, 15) is 20.1 Å². The zero-order valence-corrected chi connectivity index (χ0v) is 15.4. The van der Waals surface area contributed by atoms with Crippen molar-refractivity contribution in [2.24, 2.45) is 22.7 Å². The van der Waals surface area contributed by atoms with E-state index in [-0.39, 0.29) is 12.4 Å². The molecule has 3 N–H and O–H groups in total. The maximum Gasteiger partial charge on any atom is 0.167 e. The van der Waals surface area contributed by atoms with Crippen LogP contribution in [0.1, 0.15) is 52.0 Å². The molecule has 140 valence electrons. The highest BCUT2D eigenvalue weighted by Crippen LogP contribution is 2.62. The molecule has 25 heavy (non-hydrogen) atoms. The number of fused-ring (bicyclic) bond motifs is 1. The molecule has 2 aliphatic carbocycles. The summed E-state index contributed by atoms with van der Waals surface area (Å²) in [6.45, 7) is 5.56. The van der Waals surface area contributed by atoms with Crippen LogP contribution in [0, 0.1) is 22.7 Å². The molecular formula is C20H30O5. The van der Waals surface area contributed by atoms with E-state index in [1.54, 1.807) is 19.5 Å². The molecule has 1 aromatic rings. The van der Waals surface area contributed by atoms with Crippen LogP contribution in [0.15, 0.2) is 23.0 Å². The number of aliphatic hydroxyl groups excluding tert-OH is 2. The summed E-state index contributed by atoms with van der Waals surface area (Å²) in [5.74, 6) is -1.40. The molecule has 0 bridgehead atoms. The van der Waals surface area contributed by atoms with Gasteiger partial charge in [0, 0.05) is 23.9 Å². The van der Waals surface area contributed by atoms with Gasteiger partial charge in [0.2, 0.25) is 0 Å². The highest BCUT2D eigenvalue weighted by Gasteiger charge is 2.67. The first-order chi connectivity index (χ1) is 11.7. The van der Waals surface area contributed by atoms with Crippen molar-refractivity contribution < 1.29 is 24.5 Å². The van der Waals surface area contributed by atoms with Crippen LogP contribution < -0.4 is 0 Å². The summed E-state index contributed by atoms with van der Waals surface area (Å²) in [6, 6.07) is 1.87. The lowest BCUT2D eigenvalue weighted by atomic mass is 9.43. The molecule has 5 nitrogen and oxygen atoms in total. The number of hydrogen-bond donors (Lipinski definition) is 3. The Kier molecular flexibility index (Phi) is 4.63. The summed E-state index contributed by atoms with van der Waals surface area (Å²) in [4.78, 5) is 12.8. The predicted octanol–water partition coefficient (Wildman–Crippen LogP) is 2.33. The van der Waals surface area contributed by atoms with Crippen LogP contribution in [0.25, 0.3) is 0 Å². The molecule has 0 amide bonds. The smallest absolute Gasteiger partial charge is 0.167 e. The summed E-state index contributed by atoms with van der Waals surface area (Å²) in [7, 11) is 0. The lowest BCUT2D eigenvalue weighted by Gasteiger charge is -2.63. The van der Waals surface area contributed by atoms with Crippen LogP contribution in [0.4, 0.5) is 0 Å². The Hall–Kier alpha value is -1.17. The number of ketones is 1. The number of furan rings is 1. The lowest BCUT2D eigenvalue weighted by molar-refractivity contribution is -0.239. The van der Waals surface area contributed by atoms with Gasteiger partial charge < -0.3 is 19.7 Å². The lowest BCUT2D eigenvalue weighted by Crippen LogP contribution is -2.70. The van der Waals surface area contributed by atoms with Crippen LogP contribution in [-0.4, -0.2) is 39.4 Å². The Morgan fingerprint density at radius 2 is 2.04 bits per heavy atom. The maximum atomic E-state index is 12.8. The predicted molar refractivity (Wildman–Crippen MR) is 92.8 cm³/mol. The van der Waals surface area contributed by atoms with Gasteiger partial charge >= 0.3 is 0 Å². The van der Waals surface area contributed by atoms with Gasteiger partial charge in [-0.1, -0.05) is 27.2 Å². The quantitative estimate of drug-likeness (QED) is 0.775. The first-order valence-corrected chi connectivity index (χ1v) is 9.26. The second kappa shape index (κ2) is 6.22. The van der Waals surface area contributed by atoms with E-state index in [0.717, 1.165) is 24.8 Å². The molecule has 5 heteroatoms. The Balaban J connectivity index is 2.01. The Morgan fingerprint density at radius 1 is 1.32 bits per heavy atom. The van der Waals surface area contributed by atoms with Crippen molar-refractivity contribution in [1.82, 2.24) is 0 Å². The van der Waals surface area contributed by atoms with Gasteiger partial charge in [-0.05, 0) is 42.7 Å². The van der Waals surface area contributed by atoms with Crippen molar-refractivity contribution in [3.63, 3.8) is 0 Å². The monoisotopic (exact) mass is 350 g/mol. The average Bonchev–Trinajstić information content (AvgIpc) is 3.10. The third kappa shape index (κ3) is 2.59. The van der Waals surface area contributed by atoms with Gasteiger partial charge in [-0.2, -0.15) is 0 Å². The molecule has 0 unspecified atom stereocenters. The number of carbonyl (C=O) groups excluding carboxylic acids is 1. The van der Waals surface area contributed by atoms with Gasteiger partial charge in [0.15, 0.2) is 5.78 Å². The van der Waals surface area contributed by atoms with Crippen molar-refractivity contribution in [2.75, 3.05) is 6.61 Å². The molecule has 2 saturated carbocycles. The van der Waals surface area contributed by atoms with E-state index in [1.165, 1.54) is 0 Å². The average molecular weight is 350 g/mol. The van der Waals surface area contributed by atoms with Gasteiger partial charge in [0.05, 0.1) is 18.1 Å². The largest absolute Gasteiger partial charge is 0.472 e. The number of carbonyl (C=O) groups is 1. The number of hydrogen-bond acceptors (Lipinski definition) is 5. The summed E-state index contributed by atoms with van der Waals surface area (Å²) >= 11 is 0. The molecule has 1 heterocycles. The number of Topliss-reactive ketones (excluding diaryl/α,β-unsaturated/α-hetero) is 1. The van der Waals surface area contributed by atoms with E-state index < -0.39 is 34.4 Å². The molecule has 3 rings (SSSR count). The van der Waals surface area contributed by atoms with Gasteiger partial charge in [0.1, 0.15) is 6.10 Å². The molecule has 0 aromatic carbocycles. The Morgan fingerprint density at radius 3 is 2.64 bits per heavy atom. The zero-order chi connectivity index (χ0) is 18.5. The molecular weight excluding hydrogens is 320 g/mol. The van der Waals surface area contributed by atoms with Gasteiger partial charge in [-0.3, -0.25) is 4.79 Å². The third-order valence-electron chi connectivity index (χ3n) is 7.36. The van der Waals surface area contributed by atoms with Crippen LogP contribution in [0.2, 0.25) is 0 Å². The molecule has 0 aliphatic heterocycles. The summed E-state index contributed by atoms with van der Waals surface area (Å²) in [5.41, 5.74) is -1.42. The Bertz CT molecular complexity index is 626. The molecule has 2 fully saturated rings. The second-order valence-electron chi connectivity index (χ2n) is 8.69. The molecule has 0 saturated heterocycles. The van der Waals surface area contributed by atoms with Crippen LogP contribution in [-0.2, 0) is 11.2 Å². The minimum absolute atomic E-state index is 0.0935. The number of aryl methyl sites for hydroxylation is 1. The van der Waals surface area contributed by atoms with Crippen LogP contribution in [0.3, 0.4) is 0 Å². The minimum Gasteiger partial charge on any atom is -0.472 e. The van der Waals surface area contributed by atoms with Crippen molar-refractivity contribution >= 4 is 5.78 Å². The highest BCUT2D eigenvalue weighted by atomic mass is 16.3. The normalized spacial score (nSPS) is 44.6. The summed E-state index contributed by atoms with van der Waals surface area (Å²) < 4.78 is 5.11. The van der Waals surface area contributed by atoms with Crippen molar-refractivity contribution in [3.8, 4) is 0 Å². The third-order valence-corrected chi connectivity index (χ3v) is 7.36. The van der Waals surface area contributed by atoms with Crippen LogP contribution in [0.5, 0.6) is 0 Å². The van der Waals surface area contributed by atoms with Gasteiger partial charge in [-0.15, -0.1) is 0 Å². The van der Waals surface area contributed by atoms with Crippen molar-refractivity contribution in [2.45, 2.75) is 64.6 Å².